The van der Waals surface area contributed by atoms with Crippen molar-refractivity contribution in [3.05, 3.63) is 40.8 Å². The lowest BCUT2D eigenvalue weighted by atomic mass is 10.4. The lowest BCUT2D eigenvalue weighted by Crippen LogP contribution is -1.75. The molecular weight excluding hydrogens is 148 g/mol. The van der Waals surface area contributed by atoms with E-state index in [1.54, 1.807) is 25.3 Å². The van der Waals surface area contributed by atoms with Crippen LogP contribution in [0.2, 0.25) is 0 Å². The van der Waals surface area contributed by atoms with Gasteiger partial charge < -0.3 is 4.74 Å². The molecule has 0 saturated heterocycles. The van der Waals surface area contributed by atoms with Crippen LogP contribution >= 0.6 is 11.6 Å². The summed E-state index contributed by atoms with van der Waals surface area (Å²) in [5, 5.41) is 0.656. The number of allylic oxidation sites excluding steroid dienone is 4. The number of ether oxygens (including phenoxy) is 1. The second kappa shape index (κ2) is 3.31. The van der Waals surface area contributed by atoms with Gasteiger partial charge in [0, 0.05) is 11.1 Å². The fourth-order valence-electron chi connectivity index (χ4n) is 0.591. The third-order valence-electron chi connectivity index (χ3n) is 1.08. The SMILES string of the molecule is COC1=C=CC(Cl)=CC=C1. The average molecular weight is 155 g/mol. The summed E-state index contributed by atoms with van der Waals surface area (Å²) in [7, 11) is 1.60. The Labute approximate surface area is 64.9 Å². The first kappa shape index (κ1) is 7.20. The molecule has 1 aliphatic rings. The van der Waals surface area contributed by atoms with Crippen molar-refractivity contribution in [1.82, 2.24) is 0 Å². The van der Waals surface area contributed by atoms with Crippen LogP contribution in [0.25, 0.3) is 0 Å². The van der Waals surface area contributed by atoms with Crippen LogP contribution in [0.4, 0.5) is 0 Å². The Morgan fingerprint density at radius 3 is 3.10 bits per heavy atom. The number of halogens is 1. The summed E-state index contributed by atoms with van der Waals surface area (Å²) in [6.07, 6.45) is 7.06. The van der Waals surface area contributed by atoms with Crippen LogP contribution in [0.5, 0.6) is 0 Å². The van der Waals surface area contributed by atoms with Gasteiger partial charge in [-0.15, -0.1) is 0 Å². The van der Waals surface area contributed by atoms with Crippen LogP contribution in [0.15, 0.2) is 40.8 Å². The summed E-state index contributed by atoms with van der Waals surface area (Å²) in [5.41, 5.74) is 2.86. The molecule has 0 fully saturated rings. The molecule has 10 heavy (non-hydrogen) atoms. The Balaban J connectivity index is 2.92. The maximum Gasteiger partial charge on any atom is 0.161 e. The largest absolute Gasteiger partial charge is 0.489 e. The van der Waals surface area contributed by atoms with Crippen molar-refractivity contribution in [2.45, 2.75) is 0 Å². The van der Waals surface area contributed by atoms with Gasteiger partial charge in [-0.1, -0.05) is 23.4 Å². The van der Waals surface area contributed by atoms with Crippen molar-refractivity contribution < 1.29 is 4.74 Å². The average Bonchev–Trinajstić information content (AvgIpc) is 2.14. The van der Waals surface area contributed by atoms with E-state index in [1.807, 2.05) is 6.08 Å². The van der Waals surface area contributed by atoms with Crippen LogP contribution in [0.1, 0.15) is 0 Å². The Bertz CT molecular complexity index is 242. The predicted molar refractivity (Wildman–Crippen MR) is 41.7 cm³/mol. The van der Waals surface area contributed by atoms with Gasteiger partial charge in [0.25, 0.3) is 0 Å². The van der Waals surface area contributed by atoms with Crippen molar-refractivity contribution in [3.8, 4) is 0 Å². The van der Waals surface area contributed by atoms with Gasteiger partial charge in [0.15, 0.2) is 5.76 Å². The first-order chi connectivity index (χ1) is 4.83. The van der Waals surface area contributed by atoms with Crippen molar-refractivity contribution in [1.29, 1.82) is 0 Å². The van der Waals surface area contributed by atoms with Crippen molar-refractivity contribution in [2.24, 2.45) is 0 Å². The zero-order chi connectivity index (χ0) is 7.40. The molecule has 0 aliphatic heterocycles. The lowest BCUT2D eigenvalue weighted by Gasteiger charge is -1.91. The molecule has 0 aromatic rings. The van der Waals surface area contributed by atoms with E-state index in [-0.39, 0.29) is 0 Å². The van der Waals surface area contributed by atoms with Gasteiger partial charge in [0.2, 0.25) is 0 Å². The van der Waals surface area contributed by atoms with Crippen LogP contribution in [-0.2, 0) is 4.74 Å². The van der Waals surface area contributed by atoms with E-state index in [2.05, 4.69) is 5.73 Å². The van der Waals surface area contributed by atoms with Crippen LogP contribution in [0.3, 0.4) is 0 Å². The summed E-state index contributed by atoms with van der Waals surface area (Å²) in [6.45, 7) is 0. The van der Waals surface area contributed by atoms with E-state index in [0.29, 0.717) is 10.8 Å². The zero-order valence-corrected chi connectivity index (χ0v) is 6.35. The van der Waals surface area contributed by atoms with Gasteiger partial charge in [-0.25, -0.2) is 0 Å². The molecule has 2 heteroatoms. The van der Waals surface area contributed by atoms with E-state index in [4.69, 9.17) is 16.3 Å². The summed E-state index contributed by atoms with van der Waals surface area (Å²) >= 11 is 5.67. The van der Waals surface area contributed by atoms with Crippen LogP contribution in [-0.4, -0.2) is 7.11 Å². The Kier molecular flexibility index (Phi) is 2.38. The van der Waals surface area contributed by atoms with Gasteiger partial charge in [-0.3, -0.25) is 0 Å². The fraction of sp³-hybridized carbons (Fsp3) is 0.125. The highest BCUT2D eigenvalue weighted by Gasteiger charge is 1.89. The van der Waals surface area contributed by atoms with E-state index in [0.717, 1.165) is 0 Å². The highest BCUT2D eigenvalue weighted by atomic mass is 35.5. The monoisotopic (exact) mass is 154 g/mol. The van der Waals surface area contributed by atoms with Crippen molar-refractivity contribution in [2.75, 3.05) is 7.11 Å². The standard InChI is InChI=1S/C8H7ClO/c1-10-8-4-2-3-7(9)5-6-8/h2-5H,1H3. The molecule has 0 saturated carbocycles. The van der Waals surface area contributed by atoms with E-state index >= 15 is 0 Å². The quantitative estimate of drug-likeness (QED) is 0.527. The summed E-state index contributed by atoms with van der Waals surface area (Å²) in [5.74, 6) is 0.687. The van der Waals surface area contributed by atoms with Crippen LogP contribution < -0.4 is 0 Å². The molecule has 0 aromatic heterocycles. The predicted octanol–water partition coefficient (Wildman–Crippen LogP) is 2.36. The number of rotatable bonds is 1. The Morgan fingerprint density at radius 2 is 2.40 bits per heavy atom. The molecule has 0 spiro atoms. The lowest BCUT2D eigenvalue weighted by molar-refractivity contribution is 0.308. The molecule has 52 valence electrons. The molecule has 1 rings (SSSR count). The van der Waals surface area contributed by atoms with Gasteiger partial charge in [-0.2, -0.15) is 0 Å². The smallest absolute Gasteiger partial charge is 0.161 e. The molecule has 0 bridgehead atoms. The number of hydrogen-bond donors (Lipinski definition) is 0. The normalized spacial score (nSPS) is 15.8. The minimum absolute atomic E-state index is 0.656. The molecule has 1 aliphatic carbocycles. The summed E-state index contributed by atoms with van der Waals surface area (Å²) in [6, 6.07) is 0. The second-order valence-corrected chi connectivity index (χ2v) is 2.20. The number of methoxy groups -OCH3 is 1. The fourth-order valence-corrected chi connectivity index (χ4v) is 0.718. The first-order valence-electron chi connectivity index (χ1n) is 2.87. The highest BCUT2D eigenvalue weighted by Crippen LogP contribution is 2.08. The Morgan fingerprint density at radius 1 is 1.60 bits per heavy atom. The van der Waals surface area contributed by atoms with Gasteiger partial charge in [0.1, 0.15) is 0 Å². The maximum absolute atomic E-state index is 5.67. The molecule has 0 radical (unpaired) electrons. The summed E-state index contributed by atoms with van der Waals surface area (Å²) < 4.78 is 4.91. The van der Waals surface area contributed by atoms with Gasteiger partial charge in [-0.05, 0) is 12.2 Å². The maximum atomic E-state index is 5.67. The van der Waals surface area contributed by atoms with E-state index in [1.165, 1.54) is 0 Å². The molecule has 0 heterocycles. The van der Waals surface area contributed by atoms with Crippen molar-refractivity contribution >= 4 is 11.6 Å². The first-order valence-corrected chi connectivity index (χ1v) is 3.25. The molecule has 1 nitrogen and oxygen atoms in total. The zero-order valence-electron chi connectivity index (χ0n) is 5.60. The highest BCUT2D eigenvalue weighted by molar-refractivity contribution is 6.31. The Hall–Kier alpha value is -0.910. The molecule has 0 amide bonds. The molecule has 0 unspecified atom stereocenters. The molecule has 0 aromatic carbocycles. The second-order valence-electron chi connectivity index (χ2n) is 1.77. The van der Waals surface area contributed by atoms with Crippen molar-refractivity contribution in [3.63, 3.8) is 0 Å². The van der Waals surface area contributed by atoms with Gasteiger partial charge in [0.05, 0.1) is 7.11 Å². The third kappa shape index (κ3) is 1.80. The minimum atomic E-state index is 0.656. The topological polar surface area (TPSA) is 9.23 Å². The molecule has 0 atom stereocenters. The van der Waals surface area contributed by atoms with Gasteiger partial charge >= 0.3 is 0 Å². The van der Waals surface area contributed by atoms with Crippen LogP contribution in [0, 0.1) is 0 Å². The van der Waals surface area contributed by atoms with E-state index in [9.17, 15) is 0 Å². The minimum Gasteiger partial charge on any atom is -0.489 e. The molecule has 0 N–H and O–H groups in total. The van der Waals surface area contributed by atoms with E-state index < -0.39 is 0 Å². The number of hydrogen-bond acceptors (Lipinski definition) is 1. The third-order valence-corrected chi connectivity index (χ3v) is 1.31. The molecular formula is C8H7ClO. The summed E-state index contributed by atoms with van der Waals surface area (Å²) in [4.78, 5) is 0.